The zero-order valence-corrected chi connectivity index (χ0v) is 21.7. The van der Waals surface area contributed by atoms with E-state index in [1.165, 1.54) is 0 Å². The summed E-state index contributed by atoms with van der Waals surface area (Å²) in [5.74, 6) is -0.539. The van der Waals surface area contributed by atoms with E-state index in [4.69, 9.17) is 4.98 Å². The van der Waals surface area contributed by atoms with Crippen molar-refractivity contribution in [2.45, 2.75) is 44.4 Å². The molecule has 1 N–H and O–H groups in total. The van der Waals surface area contributed by atoms with Crippen molar-refractivity contribution in [3.8, 4) is 28.5 Å². The summed E-state index contributed by atoms with van der Waals surface area (Å²) in [5.41, 5.74) is 6.30. The fourth-order valence-corrected chi connectivity index (χ4v) is 4.49. The van der Waals surface area contributed by atoms with Crippen LogP contribution in [0, 0.1) is 11.3 Å². The first-order chi connectivity index (χ1) is 17.3. The van der Waals surface area contributed by atoms with Crippen LogP contribution in [0.15, 0.2) is 55.1 Å². The first kappa shape index (κ1) is 26.0. The molecule has 1 aliphatic rings. The number of benzene rings is 1. The second kappa shape index (κ2) is 10.1. The summed E-state index contributed by atoms with van der Waals surface area (Å²) >= 11 is 0. The van der Waals surface area contributed by atoms with Crippen molar-refractivity contribution >= 4 is 18.4 Å². The van der Waals surface area contributed by atoms with Gasteiger partial charge in [0.2, 0.25) is 0 Å². The summed E-state index contributed by atoms with van der Waals surface area (Å²) in [6.45, 7) is 4.19. The summed E-state index contributed by atoms with van der Waals surface area (Å²) in [6.07, 6.45) is 8.90. The van der Waals surface area contributed by atoms with Crippen molar-refractivity contribution in [2.24, 2.45) is 7.05 Å². The number of carbonyl (C=O) groups is 1. The van der Waals surface area contributed by atoms with Crippen molar-refractivity contribution in [3.63, 3.8) is 0 Å². The molecule has 0 radical (unpaired) electrons. The third-order valence-electron chi connectivity index (χ3n) is 6.91. The zero-order valence-electron chi connectivity index (χ0n) is 20.8. The molecule has 5 rings (SSSR count). The summed E-state index contributed by atoms with van der Waals surface area (Å²) in [7, 11) is 1.90. The molecule has 4 aromatic rings. The number of hydrogen-bond donors (Lipinski definition) is 1. The van der Waals surface area contributed by atoms with Gasteiger partial charge in [0.15, 0.2) is 0 Å². The molecule has 8 nitrogen and oxygen atoms in total. The smallest absolute Gasteiger partial charge is 0.314 e. The third kappa shape index (κ3) is 4.83. The normalized spacial score (nSPS) is 13.6. The molecular weight excluding hydrogens is 488 g/mol. The van der Waals surface area contributed by atoms with Crippen molar-refractivity contribution in [3.05, 3.63) is 83.3 Å². The highest BCUT2D eigenvalue weighted by molar-refractivity contribution is 5.86. The Morgan fingerprint density at radius 2 is 1.92 bits per heavy atom. The molecule has 1 aliphatic carbocycles. The molecule has 1 aromatic carbocycles. The first-order valence-corrected chi connectivity index (χ1v) is 11.9. The van der Waals surface area contributed by atoms with Crippen LogP contribution in [-0.4, -0.2) is 35.8 Å². The third-order valence-corrected chi connectivity index (χ3v) is 6.91. The molecule has 0 spiro atoms. The van der Waals surface area contributed by atoms with Gasteiger partial charge < -0.3 is 5.11 Å². The molecule has 0 saturated heterocycles. The molecule has 1 saturated carbocycles. The number of rotatable bonds is 7. The summed E-state index contributed by atoms with van der Waals surface area (Å²) in [4.78, 5) is 25.5. The van der Waals surface area contributed by atoms with Crippen LogP contribution in [0.1, 0.15) is 60.8 Å². The number of aryl methyl sites for hydroxylation is 1. The molecule has 0 atom stereocenters. The number of carboxylic acids is 1. The predicted octanol–water partition coefficient (Wildman–Crippen LogP) is 5.06. The zero-order chi connectivity index (χ0) is 25.4. The average Bonchev–Trinajstić information content (AvgIpc) is 3.63. The summed E-state index contributed by atoms with van der Waals surface area (Å²) in [5, 5.41) is 23.8. The van der Waals surface area contributed by atoms with Gasteiger partial charge in [-0.25, -0.2) is 0 Å². The van der Waals surface area contributed by atoms with E-state index in [9.17, 15) is 15.2 Å². The Morgan fingerprint density at radius 3 is 2.54 bits per heavy atom. The largest absolute Gasteiger partial charge is 0.481 e. The van der Waals surface area contributed by atoms with E-state index in [1.807, 2.05) is 36.0 Å². The number of nitrogens with zero attached hydrogens (tertiary/aromatic N) is 6. The molecule has 3 heterocycles. The van der Waals surface area contributed by atoms with Crippen LogP contribution in [0.5, 0.6) is 0 Å². The minimum atomic E-state index is -0.845. The van der Waals surface area contributed by atoms with Crippen LogP contribution in [0.25, 0.3) is 22.4 Å². The van der Waals surface area contributed by atoms with E-state index in [0.717, 1.165) is 39.5 Å². The lowest BCUT2D eigenvalue weighted by molar-refractivity contribution is -0.140. The predicted molar refractivity (Wildman–Crippen MR) is 141 cm³/mol. The lowest BCUT2D eigenvalue weighted by Crippen LogP contribution is -2.19. The molecule has 0 amide bonds. The Morgan fingerprint density at radius 1 is 1.14 bits per heavy atom. The lowest BCUT2D eigenvalue weighted by Gasteiger charge is -2.13. The van der Waals surface area contributed by atoms with Gasteiger partial charge in [0, 0.05) is 48.7 Å². The Labute approximate surface area is 221 Å². The molecule has 3 aromatic heterocycles. The topological polar surface area (TPSA) is 118 Å². The maximum atomic E-state index is 11.7. The average molecular weight is 515 g/mol. The summed E-state index contributed by atoms with van der Waals surface area (Å²) < 4.78 is 1.83. The van der Waals surface area contributed by atoms with Gasteiger partial charge >= 0.3 is 5.97 Å². The quantitative estimate of drug-likeness (QED) is 0.366. The van der Waals surface area contributed by atoms with Gasteiger partial charge in [-0.1, -0.05) is 32.0 Å². The van der Waals surface area contributed by atoms with Crippen LogP contribution < -0.4 is 0 Å². The highest BCUT2D eigenvalue weighted by Gasteiger charge is 2.51. The standard InChI is InChI=1S/C28H26N6O2.ClH/c1-17(2)25-16-30-14-21(33-25)11-26-23(15-32-34(26)3)24-7-4-18(13-31-24)22-6-5-20(10-19(22)12-29)28(8-9-28)27(35)36;/h4-7,10,13-17H,8-9,11H2,1-3H3,(H,35,36);1H. The van der Waals surface area contributed by atoms with E-state index < -0.39 is 11.4 Å². The molecule has 0 bridgehead atoms. The van der Waals surface area contributed by atoms with E-state index in [-0.39, 0.29) is 12.4 Å². The van der Waals surface area contributed by atoms with Crippen molar-refractivity contribution in [1.29, 1.82) is 5.26 Å². The first-order valence-electron chi connectivity index (χ1n) is 11.9. The van der Waals surface area contributed by atoms with Gasteiger partial charge in [0.05, 0.1) is 46.0 Å². The fraction of sp³-hybridized carbons (Fsp3) is 0.286. The molecule has 37 heavy (non-hydrogen) atoms. The van der Waals surface area contributed by atoms with E-state index in [0.29, 0.717) is 36.3 Å². The number of aliphatic carboxylic acids is 1. The molecule has 0 aliphatic heterocycles. The van der Waals surface area contributed by atoms with Gasteiger partial charge in [0.25, 0.3) is 0 Å². The van der Waals surface area contributed by atoms with Crippen molar-refractivity contribution < 1.29 is 9.90 Å². The molecular formula is C28H27ClN6O2. The van der Waals surface area contributed by atoms with E-state index in [1.54, 1.807) is 30.9 Å². The number of carboxylic acid groups (broad SMARTS) is 1. The maximum absolute atomic E-state index is 11.7. The van der Waals surface area contributed by atoms with Gasteiger partial charge in [-0.2, -0.15) is 10.4 Å². The minimum Gasteiger partial charge on any atom is -0.481 e. The number of nitriles is 1. The lowest BCUT2D eigenvalue weighted by atomic mass is 9.91. The van der Waals surface area contributed by atoms with E-state index >= 15 is 0 Å². The van der Waals surface area contributed by atoms with Crippen molar-refractivity contribution in [2.75, 3.05) is 0 Å². The van der Waals surface area contributed by atoms with Crippen LogP contribution in [0.3, 0.4) is 0 Å². The fourth-order valence-electron chi connectivity index (χ4n) is 4.49. The Balaban J connectivity index is 0.00000320. The number of hydrogen-bond acceptors (Lipinski definition) is 6. The molecule has 9 heteroatoms. The number of pyridine rings is 1. The molecule has 1 fully saturated rings. The van der Waals surface area contributed by atoms with Gasteiger partial charge in [0.1, 0.15) is 0 Å². The Hall–Kier alpha value is -4.09. The van der Waals surface area contributed by atoms with Crippen LogP contribution in [-0.2, 0) is 23.7 Å². The van der Waals surface area contributed by atoms with Crippen LogP contribution in [0.2, 0.25) is 0 Å². The second-order valence-corrected chi connectivity index (χ2v) is 9.59. The Bertz CT molecular complexity index is 1500. The van der Waals surface area contributed by atoms with Gasteiger partial charge in [-0.05, 0) is 36.5 Å². The minimum absolute atomic E-state index is 0. The van der Waals surface area contributed by atoms with Gasteiger partial charge in [-0.3, -0.25) is 24.4 Å². The number of aromatic nitrogens is 5. The SMILES string of the molecule is CC(C)c1cncc(Cc2c(-c3ccc(-c4ccc(C5(C(=O)O)CC5)cc4C#N)cn3)cnn2C)n1.Cl. The van der Waals surface area contributed by atoms with Crippen LogP contribution >= 0.6 is 12.4 Å². The maximum Gasteiger partial charge on any atom is 0.314 e. The number of halogens is 1. The summed E-state index contributed by atoms with van der Waals surface area (Å²) in [6, 6.07) is 11.4. The molecule has 188 valence electrons. The second-order valence-electron chi connectivity index (χ2n) is 9.59. The monoisotopic (exact) mass is 514 g/mol. The van der Waals surface area contributed by atoms with Crippen molar-refractivity contribution in [1.82, 2.24) is 24.7 Å². The van der Waals surface area contributed by atoms with Crippen LogP contribution in [0.4, 0.5) is 0 Å². The Kier molecular flexibility index (Phi) is 7.10. The highest BCUT2D eigenvalue weighted by atomic mass is 35.5. The highest BCUT2D eigenvalue weighted by Crippen LogP contribution is 2.49. The van der Waals surface area contributed by atoms with E-state index in [2.05, 4.69) is 35.0 Å². The molecule has 0 unspecified atom stereocenters. The van der Waals surface area contributed by atoms with Gasteiger partial charge in [-0.15, -0.1) is 12.4 Å².